The molecule has 0 saturated carbocycles. The van der Waals surface area contributed by atoms with Crippen molar-refractivity contribution in [3.63, 3.8) is 0 Å². The summed E-state index contributed by atoms with van der Waals surface area (Å²) in [6.45, 7) is 1.07. The van der Waals surface area contributed by atoms with Gasteiger partial charge in [0.15, 0.2) is 0 Å². The minimum atomic E-state index is -3.75. The molecule has 1 amide bonds. The van der Waals surface area contributed by atoms with Crippen LogP contribution in [0.5, 0.6) is 0 Å². The van der Waals surface area contributed by atoms with Crippen molar-refractivity contribution in [2.24, 2.45) is 7.05 Å². The molecule has 8 nitrogen and oxygen atoms in total. The van der Waals surface area contributed by atoms with Crippen molar-refractivity contribution < 1.29 is 22.3 Å². The van der Waals surface area contributed by atoms with E-state index in [-0.39, 0.29) is 16.5 Å². The van der Waals surface area contributed by atoms with E-state index in [9.17, 15) is 17.6 Å². The second-order valence-electron chi connectivity index (χ2n) is 6.55. The average Bonchev–Trinajstić information content (AvgIpc) is 3.25. The fourth-order valence-electron chi connectivity index (χ4n) is 2.89. The first-order chi connectivity index (χ1) is 12.7. The summed E-state index contributed by atoms with van der Waals surface area (Å²) in [4.78, 5) is 12.6. The number of halogens is 1. The number of anilines is 1. The molecule has 1 unspecified atom stereocenters. The zero-order chi connectivity index (χ0) is 19.8. The van der Waals surface area contributed by atoms with E-state index in [0.29, 0.717) is 24.5 Å². The molecule has 1 aromatic carbocycles. The minimum Gasteiger partial charge on any atom is -0.381 e. The number of nitrogens with zero attached hydrogens (tertiary/aromatic N) is 3. The van der Waals surface area contributed by atoms with Gasteiger partial charge in [0, 0.05) is 39.9 Å². The topological polar surface area (TPSA) is 93.5 Å². The molecular formula is C17H21FN4O4S. The van der Waals surface area contributed by atoms with Crippen molar-refractivity contribution in [1.29, 1.82) is 0 Å². The third-order valence-electron chi connectivity index (χ3n) is 4.38. The normalized spacial score (nSPS) is 17.4. The van der Waals surface area contributed by atoms with Gasteiger partial charge in [0.25, 0.3) is 5.91 Å². The zero-order valence-corrected chi connectivity index (χ0v) is 16.1. The molecule has 0 aliphatic carbocycles. The Balaban J connectivity index is 1.91. The summed E-state index contributed by atoms with van der Waals surface area (Å²) in [5, 5.41) is 6.80. The highest BCUT2D eigenvalue weighted by molar-refractivity contribution is 7.89. The Morgan fingerprint density at radius 2 is 2.15 bits per heavy atom. The largest absolute Gasteiger partial charge is 0.381 e. The van der Waals surface area contributed by atoms with Crippen LogP contribution in [0.25, 0.3) is 0 Å². The lowest BCUT2D eigenvalue weighted by Gasteiger charge is -2.13. The molecule has 1 saturated heterocycles. The van der Waals surface area contributed by atoms with Gasteiger partial charge < -0.3 is 10.1 Å². The van der Waals surface area contributed by atoms with Gasteiger partial charge in [-0.05, 0) is 24.6 Å². The Morgan fingerprint density at radius 1 is 1.41 bits per heavy atom. The van der Waals surface area contributed by atoms with Crippen LogP contribution in [0.15, 0.2) is 29.3 Å². The molecule has 0 radical (unpaired) electrons. The second kappa shape index (κ2) is 7.37. The number of benzene rings is 1. The Labute approximate surface area is 157 Å². The number of hydrogen-bond acceptors (Lipinski definition) is 5. The molecule has 2 aromatic rings. The number of aromatic nitrogens is 2. The fourth-order valence-corrected chi connectivity index (χ4v) is 3.82. The Morgan fingerprint density at radius 3 is 2.78 bits per heavy atom. The Kier molecular flexibility index (Phi) is 5.31. The number of aryl methyl sites for hydroxylation is 1. The van der Waals surface area contributed by atoms with Crippen molar-refractivity contribution in [1.82, 2.24) is 14.1 Å². The fraction of sp³-hybridized carbons (Fsp3) is 0.412. The molecule has 1 aromatic heterocycles. The predicted molar refractivity (Wildman–Crippen MR) is 96.6 cm³/mol. The van der Waals surface area contributed by atoms with E-state index >= 15 is 0 Å². The van der Waals surface area contributed by atoms with E-state index in [1.807, 2.05) is 0 Å². The van der Waals surface area contributed by atoms with Crippen molar-refractivity contribution >= 4 is 21.6 Å². The second-order valence-corrected chi connectivity index (χ2v) is 8.70. The van der Waals surface area contributed by atoms with Crippen LogP contribution in [-0.4, -0.2) is 55.7 Å². The lowest BCUT2D eigenvalue weighted by Crippen LogP contribution is -2.22. The molecular weight excluding hydrogens is 375 g/mol. The summed E-state index contributed by atoms with van der Waals surface area (Å²) >= 11 is 0. The monoisotopic (exact) mass is 396 g/mol. The number of nitrogens with one attached hydrogen (secondary N) is 1. The first-order valence-electron chi connectivity index (χ1n) is 8.35. The van der Waals surface area contributed by atoms with Crippen LogP contribution >= 0.6 is 0 Å². The van der Waals surface area contributed by atoms with Crippen molar-refractivity contribution in [3.05, 3.63) is 41.5 Å². The van der Waals surface area contributed by atoms with Crippen molar-refractivity contribution in [2.45, 2.75) is 17.2 Å². The highest BCUT2D eigenvalue weighted by Crippen LogP contribution is 2.28. The van der Waals surface area contributed by atoms with E-state index in [0.717, 1.165) is 28.9 Å². The molecule has 0 spiro atoms. The van der Waals surface area contributed by atoms with Crippen molar-refractivity contribution in [2.75, 3.05) is 32.6 Å². The first-order valence-corrected chi connectivity index (χ1v) is 9.79. The van der Waals surface area contributed by atoms with Gasteiger partial charge in [0.05, 0.1) is 28.4 Å². The summed E-state index contributed by atoms with van der Waals surface area (Å²) in [7, 11) is 0.699. The molecule has 146 valence electrons. The molecule has 10 heteroatoms. The summed E-state index contributed by atoms with van der Waals surface area (Å²) in [5.41, 5.74) is 0.693. The summed E-state index contributed by atoms with van der Waals surface area (Å²) in [6.07, 6.45) is 2.31. The van der Waals surface area contributed by atoms with Crippen LogP contribution in [0.4, 0.5) is 10.1 Å². The summed E-state index contributed by atoms with van der Waals surface area (Å²) < 4.78 is 46.6. The maximum atomic E-state index is 14.2. The zero-order valence-electron chi connectivity index (χ0n) is 15.3. The van der Waals surface area contributed by atoms with Gasteiger partial charge in [-0.2, -0.15) is 5.10 Å². The number of rotatable bonds is 5. The third-order valence-corrected chi connectivity index (χ3v) is 6.19. The SMILES string of the molecule is CN(C)S(=O)(=O)c1ccc(F)c(NC(=O)c2cn(C)nc2C2CCOC2)c1. The van der Waals surface area contributed by atoms with Gasteiger partial charge in [-0.15, -0.1) is 0 Å². The van der Waals surface area contributed by atoms with E-state index in [2.05, 4.69) is 10.4 Å². The van der Waals surface area contributed by atoms with Gasteiger partial charge in [-0.1, -0.05) is 0 Å². The number of sulfonamides is 1. The highest BCUT2D eigenvalue weighted by atomic mass is 32.2. The number of ether oxygens (including phenoxy) is 1. The average molecular weight is 396 g/mol. The van der Waals surface area contributed by atoms with Crippen LogP contribution in [0.1, 0.15) is 28.4 Å². The van der Waals surface area contributed by atoms with E-state index in [1.54, 1.807) is 13.2 Å². The molecule has 1 atom stereocenters. The summed E-state index contributed by atoms with van der Waals surface area (Å²) in [5.74, 6) is -1.28. The molecule has 3 rings (SSSR count). The number of hydrogen-bond donors (Lipinski definition) is 1. The smallest absolute Gasteiger partial charge is 0.259 e. The van der Waals surface area contributed by atoms with Gasteiger partial charge in [0.2, 0.25) is 10.0 Å². The van der Waals surface area contributed by atoms with Crippen LogP contribution in [-0.2, 0) is 21.8 Å². The lowest BCUT2D eigenvalue weighted by atomic mass is 10.0. The van der Waals surface area contributed by atoms with E-state index in [1.165, 1.54) is 18.8 Å². The highest BCUT2D eigenvalue weighted by Gasteiger charge is 2.27. The van der Waals surface area contributed by atoms with Crippen molar-refractivity contribution in [3.8, 4) is 0 Å². The molecule has 0 bridgehead atoms. The molecule has 1 N–H and O–H groups in total. The van der Waals surface area contributed by atoms with Crippen LogP contribution in [0.3, 0.4) is 0 Å². The Hall–Kier alpha value is -2.30. The van der Waals surface area contributed by atoms with Crippen LogP contribution in [0, 0.1) is 5.82 Å². The first kappa shape index (κ1) is 19.5. The molecule has 2 heterocycles. The van der Waals surface area contributed by atoms with Crippen LogP contribution in [0.2, 0.25) is 0 Å². The standard InChI is InChI=1S/C17H21FN4O4S/c1-21(2)27(24,25)12-4-5-14(18)15(8-12)19-17(23)13-9-22(3)20-16(13)11-6-7-26-10-11/h4-5,8-9,11H,6-7,10H2,1-3H3,(H,19,23). The minimum absolute atomic E-state index is 0.00255. The van der Waals surface area contributed by atoms with E-state index < -0.39 is 21.7 Å². The summed E-state index contributed by atoms with van der Waals surface area (Å²) in [6, 6.07) is 3.28. The third kappa shape index (κ3) is 3.87. The number of carbonyl (C=O) groups is 1. The van der Waals surface area contributed by atoms with Gasteiger partial charge in [0.1, 0.15) is 5.82 Å². The maximum Gasteiger partial charge on any atom is 0.259 e. The Bertz CT molecular complexity index is 965. The number of amides is 1. The van der Waals surface area contributed by atoms with E-state index in [4.69, 9.17) is 4.74 Å². The van der Waals surface area contributed by atoms with Gasteiger partial charge in [-0.3, -0.25) is 9.48 Å². The predicted octanol–water partition coefficient (Wildman–Crippen LogP) is 1.57. The molecule has 27 heavy (non-hydrogen) atoms. The molecule has 1 fully saturated rings. The molecule has 1 aliphatic heterocycles. The number of carbonyl (C=O) groups excluding carboxylic acids is 1. The molecule has 1 aliphatic rings. The van der Waals surface area contributed by atoms with Gasteiger partial charge >= 0.3 is 0 Å². The van der Waals surface area contributed by atoms with Gasteiger partial charge in [-0.25, -0.2) is 17.1 Å². The lowest BCUT2D eigenvalue weighted by molar-refractivity contribution is 0.102. The maximum absolute atomic E-state index is 14.2. The quantitative estimate of drug-likeness (QED) is 0.828. The van der Waals surface area contributed by atoms with Crippen LogP contribution < -0.4 is 5.32 Å².